The van der Waals surface area contributed by atoms with Gasteiger partial charge in [-0.1, -0.05) is 69.7 Å². The third kappa shape index (κ3) is 12.6. The summed E-state index contributed by atoms with van der Waals surface area (Å²) in [7, 11) is 3.61. The number of nitrogens with zero attached hydrogens (tertiary/aromatic N) is 3. The van der Waals surface area contributed by atoms with Gasteiger partial charge in [-0.05, 0) is 60.4 Å². The van der Waals surface area contributed by atoms with Crippen LogP contribution in [0.5, 0.6) is 0 Å². The third-order valence-electron chi connectivity index (χ3n) is 6.68. The normalized spacial score (nSPS) is 20.2. The van der Waals surface area contributed by atoms with Crippen LogP contribution >= 0.6 is 21.6 Å². The second-order valence-corrected chi connectivity index (χ2v) is 12.5. The third-order valence-corrected chi connectivity index (χ3v) is 9.15. The Morgan fingerprint density at radius 1 is 0.795 bits per heavy atom. The van der Waals surface area contributed by atoms with Crippen LogP contribution in [0.2, 0.25) is 0 Å². The molecule has 2 aliphatic heterocycles. The van der Waals surface area contributed by atoms with E-state index in [1.54, 1.807) is 10.8 Å². The first-order valence-corrected chi connectivity index (χ1v) is 16.4. The summed E-state index contributed by atoms with van der Waals surface area (Å²) >= 11 is 0. The van der Waals surface area contributed by atoms with Crippen LogP contribution in [0.3, 0.4) is 0 Å². The molecule has 0 radical (unpaired) electrons. The van der Waals surface area contributed by atoms with Gasteiger partial charge >= 0.3 is 0 Å². The van der Waals surface area contributed by atoms with Gasteiger partial charge in [-0.25, -0.2) is 4.98 Å². The van der Waals surface area contributed by atoms with E-state index in [0.29, 0.717) is 19.0 Å². The number of rotatable bonds is 11. The van der Waals surface area contributed by atoms with Crippen LogP contribution in [0.15, 0.2) is 53.7 Å². The predicted molar refractivity (Wildman–Crippen MR) is 160 cm³/mol. The zero-order valence-electron chi connectivity index (χ0n) is 23.5. The van der Waals surface area contributed by atoms with Crippen molar-refractivity contribution in [3.8, 4) is 0 Å². The zero-order valence-corrected chi connectivity index (χ0v) is 25.2. The molecule has 7 nitrogen and oxygen atoms in total. The Bertz CT molecular complexity index is 940. The summed E-state index contributed by atoms with van der Waals surface area (Å²) in [5.74, 6) is 1.92. The van der Waals surface area contributed by atoms with Crippen molar-refractivity contribution in [1.82, 2.24) is 14.8 Å². The highest BCUT2D eigenvalue weighted by molar-refractivity contribution is 8.76. The molecule has 1 saturated carbocycles. The van der Waals surface area contributed by atoms with Crippen molar-refractivity contribution in [2.45, 2.75) is 83.6 Å². The minimum absolute atomic E-state index is 0.140. The fourth-order valence-electron chi connectivity index (χ4n) is 4.31. The van der Waals surface area contributed by atoms with Gasteiger partial charge < -0.3 is 0 Å². The maximum Gasteiger partial charge on any atom is 0.253 e. The van der Waals surface area contributed by atoms with Crippen LogP contribution < -0.4 is 0 Å². The number of carbonyl (C=O) groups is 4. The molecule has 39 heavy (non-hydrogen) atoms. The monoisotopic (exact) mass is 573 g/mol. The topological polar surface area (TPSA) is 87.7 Å². The summed E-state index contributed by atoms with van der Waals surface area (Å²) in [6.07, 6.45) is 17.6. The molecule has 3 aliphatic rings. The summed E-state index contributed by atoms with van der Waals surface area (Å²) in [6, 6.07) is 5.99. The Morgan fingerprint density at radius 2 is 1.41 bits per heavy atom. The number of hydrogen-bond acceptors (Lipinski definition) is 7. The first-order chi connectivity index (χ1) is 18.8. The van der Waals surface area contributed by atoms with Crippen molar-refractivity contribution in [3.05, 3.63) is 48.7 Å². The summed E-state index contributed by atoms with van der Waals surface area (Å²) < 4.78 is 0. The molecule has 4 amide bonds. The lowest BCUT2D eigenvalue weighted by Crippen LogP contribution is -2.35. The van der Waals surface area contributed by atoms with Crippen molar-refractivity contribution >= 4 is 45.2 Å². The van der Waals surface area contributed by atoms with E-state index in [4.69, 9.17) is 0 Å². The average Bonchev–Trinajstić information content (AvgIpc) is 3.44. The van der Waals surface area contributed by atoms with Gasteiger partial charge in [0.15, 0.2) is 0 Å². The molecule has 0 atom stereocenters. The Kier molecular flexibility index (Phi) is 15.8. The zero-order chi connectivity index (χ0) is 28.5. The van der Waals surface area contributed by atoms with Gasteiger partial charge in [0.25, 0.3) is 23.6 Å². The van der Waals surface area contributed by atoms with Crippen LogP contribution in [0.1, 0.15) is 78.6 Å². The number of carbonyl (C=O) groups excluding carboxylic acids is 4. The SMILES string of the molecule is CC1CCC(CN2C(=O)C=CC2=O)CC1.CCCCCCN1C(=O)C=CC1=O.CCCSSc1ccccn1. The summed E-state index contributed by atoms with van der Waals surface area (Å²) in [4.78, 5) is 51.7. The van der Waals surface area contributed by atoms with Gasteiger partial charge in [0.2, 0.25) is 0 Å². The average molecular weight is 574 g/mol. The molecule has 3 heterocycles. The predicted octanol–water partition coefficient (Wildman–Crippen LogP) is 6.46. The molecule has 0 bridgehead atoms. The molecule has 4 rings (SSSR count). The van der Waals surface area contributed by atoms with E-state index in [1.165, 1.54) is 72.0 Å². The van der Waals surface area contributed by atoms with E-state index >= 15 is 0 Å². The van der Waals surface area contributed by atoms with E-state index in [9.17, 15) is 19.2 Å². The molecule has 9 heteroatoms. The molecular weight excluding hydrogens is 530 g/mol. The maximum absolute atomic E-state index is 11.3. The Hall–Kier alpha value is -2.39. The molecule has 0 saturated heterocycles. The molecule has 1 aliphatic carbocycles. The minimum atomic E-state index is -0.165. The van der Waals surface area contributed by atoms with Crippen LogP contribution in [0, 0.1) is 11.8 Å². The summed E-state index contributed by atoms with van der Waals surface area (Å²) in [5, 5.41) is 1.10. The van der Waals surface area contributed by atoms with E-state index in [1.807, 2.05) is 35.2 Å². The highest BCUT2D eigenvalue weighted by Gasteiger charge is 2.28. The number of hydrogen-bond donors (Lipinski definition) is 0. The van der Waals surface area contributed by atoms with Crippen LogP contribution in [0.4, 0.5) is 0 Å². The second-order valence-electron chi connectivity index (χ2n) is 10.0. The van der Waals surface area contributed by atoms with E-state index in [-0.39, 0.29) is 23.6 Å². The van der Waals surface area contributed by atoms with Gasteiger partial charge in [0, 0.05) is 49.3 Å². The molecular formula is C30H43N3O4S2. The first kappa shape index (κ1) is 32.8. The Balaban J connectivity index is 0.000000208. The molecule has 214 valence electrons. The van der Waals surface area contributed by atoms with E-state index in [2.05, 4.69) is 25.8 Å². The Morgan fingerprint density at radius 3 is 1.95 bits per heavy atom. The molecule has 0 aromatic carbocycles. The van der Waals surface area contributed by atoms with Gasteiger partial charge in [-0.3, -0.25) is 29.0 Å². The Labute approximate surface area is 241 Å². The minimum Gasteiger partial charge on any atom is -0.275 e. The molecule has 1 aromatic rings. The standard InChI is InChI=1S/C12H17NO2.C10H15NO2.C8H11NS2/c1-9-2-4-10(5-3-9)8-13-11(14)6-7-12(13)15;1-2-3-4-5-8-11-9(12)6-7-10(11)13;1-2-7-10-11-8-5-3-4-6-9-8/h6-7,9-10H,2-5,8H2,1H3;6-7H,2-5,8H2,1H3;3-6H,2,7H2,1H3. The molecule has 0 N–H and O–H groups in total. The molecule has 1 aromatic heterocycles. The van der Waals surface area contributed by atoms with Crippen LogP contribution in [-0.4, -0.2) is 57.3 Å². The quantitative estimate of drug-likeness (QED) is 0.170. The lowest BCUT2D eigenvalue weighted by Gasteiger charge is -2.28. The van der Waals surface area contributed by atoms with Gasteiger partial charge in [0.1, 0.15) is 5.03 Å². The van der Waals surface area contributed by atoms with Gasteiger partial charge in [-0.15, -0.1) is 0 Å². The van der Waals surface area contributed by atoms with Crippen molar-refractivity contribution < 1.29 is 19.2 Å². The number of imide groups is 2. The number of amides is 4. The van der Waals surface area contributed by atoms with Crippen molar-refractivity contribution in [1.29, 1.82) is 0 Å². The van der Waals surface area contributed by atoms with E-state index in [0.717, 1.165) is 36.6 Å². The van der Waals surface area contributed by atoms with E-state index < -0.39 is 0 Å². The van der Waals surface area contributed by atoms with Gasteiger partial charge in [-0.2, -0.15) is 0 Å². The number of unbranched alkanes of at least 4 members (excludes halogenated alkanes) is 3. The fourth-order valence-corrected chi connectivity index (χ4v) is 6.33. The lowest BCUT2D eigenvalue weighted by atomic mass is 9.83. The molecule has 1 fully saturated rings. The fraction of sp³-hybridized carbons (Fsp3) is 0.567. The largest absolute Gasteiger partial charge is 0.275 e. The second kappa shape index (κ2) is 18.8. The highest BCUT2D eigenvalue weighted by Crippen LogP contribution is 2.30. The lowest BCUT2D eigenvalue weighted by molar-refractivity contribution is -0.138. The van der Waals surface area contributed by atoms with Crippen molar-refractivity contribution in [3.63, 3.8) is 0 Å². The number of aromatic nitrogens is 1. The highest BCUT2D eigenvalue weighted by atomic mass is 33.1. The van der Waals surface area contributed by atoms with Crippen LogP contribution in [-0.2, 0) is 19.2 Å². The summed E-state index contributed by atoms with van der Waals surface area (Å²) in [5.41, 5.74) is 0. The first-order valence-electron chi connectivity index (χ1n) is 14.1. The number of pyridine rings is 1. The molecule has 0 unspecified atom stereocenters. The summed E-state index contributed by atoms with van der Waals surface area (Å²) in [6.45, 7) is 7.78. The molecule has 0 spiro atoms. The van der Waals surface area contributed by atoms with Crippen LogP contribution in [0.25, 0.3) is 0 Å². The van der Waals surface area contributed by atoms with Gasteiger partial charge in [0.05, 0.1) is 0 Å². The van der Waals surface area contributed by atoms with Crippen molar-refractivity contribution in [2.24, 2.45) is 11.8 Å². The van der Waals surface area contributed by atoms with Crippen molar-refractivity contribution in [2.75, 3.05) is 18.8 Å². The smallest absolute Gasteiger partial charge is 0.253 e. The maximum atomic E-state index is 11.3.